The van der Waals surface area contributed by atoms with E-state index in [9.17, 15) is 0 Å². The van der Waals surface area contributed by atoms with Gasteiger partial charge in [0.2, 0.25) is 0 Å². The number of hydrogen-bond acceptors (Lipinski definition) is 3. The summed E-state index contributed by atoms with van der Waals surface area (Å²) in [4.78, 5) is 9.38. The van der Waals surface area contributed by atoms with Crippen molar-refractivity contribution in [3.8, 4) is 0 Å². The van der Waals surface area contributed by atoms with E-state index in [1.165, 1.54) is 17.0 Å². The van der Waals surface area contributed by atoms with Crippen molar-refractivity contribution in [3.63, 3.8) is 0 Å². The fourth-order valence-corrected chi connectivity index (χ4v) is 2.88. The Kier molecular flexibility index (Phi) is 3.01. The van der Waals surface area contributed by atoms with Crippen molar-refractivity contribution in [3.05, 3.63) is 22.8 Å². The van der Waals surface area contributed by atoms with Gasteiger partial charge in [-0.3, -0.25) is 0 Å². The summed E-state index contributed by atoms with van der Waals surface area (Å²) in [7, 11) is 0. The molecule has 0 amide bonds. The number of fused-ring (bicyclic) bond motifs is 1. The van der Waals surface area contributed by atoms with Gasteiger partial charge in [0.05, 0.1) is 11.4 Å². The van der Waals surface area contributed by atoms with Crippen LogP contribution in [0.4, 0.5) is 0 Å². The number of rotatable bonds is 2. The van der Waals surface area contributed by atoms with Crippen LogP contribution in [0.5, 0.6) is 0 Å². The van der Waals surface area contributed by atoms with Gasteiger partial charge >= 0.3 is 0 Å². The first-order valence-electron chi connectivity index (χ1n) is 5.57. The van der Waals surface area contributed by atoms with Crippen molar-refractivity contribution in [1.82, 2.24) is 9.97 Å². The van der Waals surface area contributed by atoms with Crippen LogP contribution in [0.2, 0.25) is 0 Å². The van der Waals surface area contributed by atoms with Crippen LogP contribution < -0.4 is 0 Å². The monoisotopic (exact) mass is 222 g/mol. The molecule has 0 bridgehead atoms. The Hall–Kier alpha value is -0.570. The van der Waals surface area contributed by atoms with Crippen LogP contribution in [-0.2, 0) is 11.5 Å². The van der Waals surface area contributed by atoms with E-state index >= 15 is 0 Å². The Bertz CT molecular complexity index is 372. The highest BCUT2D eigenvalue weighted by Crippen LogP contribution is 2.33. The molecule has 2 nitrogen and oxygen atoms in total. The molecule has 0 saturated heterocycles. The average molecular weight is 222 g/mol. The van der Waals surface area contributed by atoms with E-state index in [2.05, 4.69) is 32.7 Å². The minimum Gasteiger partial charge on any atom is -0.237 e. The molecule has 0 N–H and O–H groups in total. The summed E-state index contributed by atoms with van der Waals surface area (Å²) < 4.78 is 0. The second-order valence-corrected chi connectivity index (χ2v) is 5.68. The molecule has 2 rings (SSSR count). The Morgan fingerprint density at radius 3 is 2.33 bits per heavy atom. The molecule has 0 unspecified atom stereocenters. The van der Waals surface area contributed by atoms with E-state index in [4.69, 9.17) is 4.98 Å². The van der Waals surface area contributed by atoms with Gasteiger partial charge in [0.15, 0.2) is 0 Å². The molecular formula is C12H18N2S. The fourth-order valence-electron chi connectivity index (χ4n) is 1.83. The zero-order valence-corrected chi connectivity index (χ0v) is 10.7. The van der Waals surface area contributed by atoms with Crippen molar-refractivity contribution in [2.75, 3.05) is 0 Å². The third-order valence-electron chi connectivity index (χ3n) is 2.69. The maximum absolute atomic E-state index is 4.72. The molecule has 0 spiro atoms. The van der Waals surface area contributed by atoms with Gasteiger partial charge < -0.3 is 0 Å². The molecule has 1 aliphatic heterocycles. The van der Waals surface area contributed by atoms with Crippen LogP contribution in [0.1, 0.15) is 62.3 Å². The molecule has 1 aromatic rings. The van der Waals surface area contributed by atoms with Crippen LogP contribution in [0.3, 0.4) is 0 Å². The predicted octanol–water partition coefficient (Wildman–Crippen LogP) is 3.47. The van der Waals surface area contributed by atoms with Crippen molar-refractivity contribution in [2.45, 2.75) is 51.0 Å². The highest BCUT2D eigenvalue weighted by molar-refractivity contribution is 7.98. The minimum atomic E-state index is 0.429. The molecular weight excluding hydrogens is 204 g/mol. The highest BCUT2D eigenvalue weighted by Gasteiger charge is 2.21. The van der Waals surface area contributed by atoms with E-state index in [1.807, 2.05) is 11.8 Å². The van der Waals surface area contributed by atoms with Gasteiger partial charge in [-0.2, -0.15) is 11.8 Å². The lowest BCUT2D eigenvalue weighted by atomic mass is 10.0. The first kappa shape index (κ1) is 10.9. The summed E-state index contributed by atoms with van der Waals surface area (Å²) in [6, 6.07) is 0. The number of nitrogens with zero attached hydrogens (tertiary/aromatic N) is 2. The molecule has 0 radical (unpaired) electrons. The minimum absolute atomic E-state index is 0.429. The number of hydrogen-bond donors (Lipinski definition) is 0. The molecule has 3 heteroatoms. The molecule has 1 aliphatic rings. The molecule has 15 heavy (non-hydrogen) atoms. The van der Waals surface area contributed by atoms with Gasteiger partial charge in [0.1, 0.15) is 5.82 Å². The first-order chi connectivity index (χ1) is 7.09. The summed E-state index contributed by atoms with van der Waals surface area (Å²) in [6.45, 7) is 8.76. The maximum Gasteiger partial charge on any atom is 0.131 e. The summed E-state index contributed by atoms with van der Waals surface area (Å²) in [5, 5.41) is 0. The van der Waals surface area contributed by atoms with Crippen LogP contribution in [0, 0.1) is 0 Å². The molecule has 1 aromatic heterocycles. The second kappa shape index (κ2) is 4.12. The summed E-state index contributed by atoms with van der Waals surface area (Å²) in [6.07, 6.45) is 0. The zero-order valence-electron chi connectivity index (χ0n) is 9.87. The lowest BCUT2D eigenvalue weighted by Gasteiger charge is -2.13. The Balaban J connectivity index is 2.52. The summed E-state index contributed by atoms with van der Waals surface area (Å²) in [5.41, 5.74) is 3.95. The van der Waals surface area contributed by atoms with Gasteiger partial charge in [-0.25, -0.2) is 9.97 Å². The largest absolute Gasteiger partial charge is 0.237 e. The second-order valence-electron chi connectivity index (χ2n) is 4.69. The van der Waals surface area contributed by atoms with Gasteiger partial charge in [-0.05, 0) is 5.92 Å². The molecule has 2 heterocycles. The van der Waals surface area contributed by atoms with Crippen molar-refractivity contribution >= 4 is 11.8 Å². The van der Waals surface area contributed by atoms with E-state index in [0.29, 0.717) is 11.8 Å². The van der Waals surface area contributed by atoms with Crippen molar-refractivity contribution < 1.29 is 0 Å². The van der Waals surface area contributed by atoms with E-state index < -0.39 is 0 Å². The topological polar surface area (TPSA) is 25.8 Å². The SMILES string of the molecule is CC(C)c1nc2c(c(C(C)C)n1)CSC2. The normalized spacial score (nSPS) is 15.1. The summed E-state index contributed by atoms with van der Waals surface area (Å²) in [5.74, 6) is 4.12. The first-order valence-corrected chi connectivity index (χ1v) is 6.72. The van der Waals surface area contributed by atoms with Crippen molar-refractivity contribution in [1.29, 1.82) is 0 Å². The van der Waals surface area contributed by atoms with Gasteiger partial charge in [0.25, 0.3) is 0 Å². The predicted molar refractivity (Wildman–Crippen MR) is 65.2 cm³/mol. The summed E-state index contributed by atoms with van der Waals surface area (Å²) >= 11 is 1.95. The molecule has 0 aromatic carbocycles. The molecule has 82 valence electrons. The Morgan fingerprint density at radius 1 is 1.00 bits per heavy atom. The molecule has 0 atom stereocenters. The van der Waals surface area contributed by atoms with E-state index in [-0.39, 0.29) is 0 Å². The van der Waals surface area contributed by atoms with E-state index in [1.54, 1.807) is 0 Å². The van der Waals surface area contributed by atoms with Crippen LogP contribution in [0.15, 0.2) is 0 Å². The maximum atomic E-state index is 4.72. The standard InChI is InChI=1S/C12H18N2S/c1-7(2)11-9-5-15-6-10(9)13-12(14-11)8(3)4/h7-8H,5-6H2,1-4H3. The highest BCUT2D eigenvalue weighted by atomic mass is 32.2. The smallest absolute Gasteiger partial charge is 0.131 e. The van der Waals surface area contributed by atoms with Crippen LogP contribution in [-0.4, -0.2) is 9.97 Å². The fraction of sp³-hybridized carbons (Fsp3) is 0.667. The molecule has 0 fully saturated rings. The van der Waals surface area contributed by atoms with E-state index in [0.717, 1.165) is 17.3 Å². The lowest BCUT2D eigenvalue weighted by molar-refractivity contribution is 0.714. The van der Waals surface area contributed by atoms with Gasteiger partial charge in [0, 0.05) is 23.0 Å². The number of thioether (sulfide) groups is 1. The lowest BCUT2D eigenvalue weighted by Crippen LogP contribution is -2.08. The van der Waals surface area contributed by atoms with Gasteiger partial charge in [-0.15, -0.1) is 0 Å². The molecule has 0 saturated carbocycles. The Morgan fingerprint density at radius 2 is 1.73 bits per heavy atom. The van der Waals surface area contributed by atoms with Gasteiger partial charge in [-0.1, -0.05) is 27.7 Å². The number of aromatic nitrogens is 2. The third-order valence-corrected chi connectivity index (χ3v) is 3.66. The third kappa shape index (κ3) is 2.03. The molecule has 0 aliphatic carbocycles. The van der Waals surface area contributed by atoms with Crippen LogP contribution in [0.25, 0.3) is 0 Å². The van der Waals surface area contributed by atoms with Crippen LogP contribution >= 0.6 is 11.8 Å². The quantitative estimate of drug-likeness (QED) is 0.766. The zero-order chi connectivity index (χ0) is 11.0. The average Bonchev–Trinajstić information content (AvgIpc) is 2.62. The Labute approximate surface area is 95.9 Å². The van der Waals surface area contributed by atoms with Crippen molar-refractivity contribution in [2.24, 2.45) is 0 Å².